The maximum absolute atomic E-state index is 10.6. The first-order chi connectivity index (χ1) is 4.33. The Labute approximate surface area is 66.5 Å². The molecule has 0 aliphatic carbocycles. The molecule has 1 saturated heterocycles. The molecular weight excluding hydrogens is 154 g/mol. The number of carbonyl (C=O) groups is 1. The van der Waals surface area contributed by atoms with E-state index in [1.165, 1.54) is 0 Å². The number of halogens is 1. The summed E-state index contributed by atoms with van der Waals surface area (Å²) in [6.45, 7) is 0.645. The van der Waals surface area contributed by atoms with Crippen LogP contribution < -0.4 is 5.32 Å². The fourth-order valence-electron chi connectivity index (χ4n) is 1.00. The second-order valence-corrected chi connectivity index (χ2v) is 2.26. The third-order valence-corrected chi connectivity index (χ3v) is 1.45. The molecule has 1 aliphatic rings. The summed E-state index contributed by atoms with van der Waals surface area (Å²) in [7, 11) is 1.64. The van der Waals surface area contributed by atoms with E-state index in [4.69, 9.17) is 4.74 Å². The van der Waals surface area contributed by atoms with Gasteiger partial charge in [0.1, 0.15) is 0 Å². The van der Waals surface area contributed by atoms with Gasteiger partial charge in [0.25, 0.3) is 0 Å². The van der Waals surface area contributed by atoms with E-state index >= 15 is 0 Å². The first kappa shape index (κ1) is 9.72. The second-order valence-electron chi connectivity index (χ2n) is 2.26. The van der Waals surface area contributed by atoms with Crippen LogP contribution in [0.2, 0.25) is 0 Å². The minimum atomic E-state index is 0. The smallest absolute Gasteiger partial charge is 0.220 e. The van der Waals surface area contributed by atoms with E-state index in [9.17, 15) is 4.79 Å². The lowest BCUT2D eigenvalue weighted by Crippen LogP contribution is -2.29. The Bertz CT molecular complexity index is 118. The highest BCUT2D eigenvalue weighted by molar-refractivity contribution is 5.85. The standard InChI is InChI=1S/C6H11NO2.ClH/c1-9-4-5-2-3-6(8)7-5;/h5H,2-4H2,1H3,(H,7,8);1H. The molecule has 0 radical (unpaired) electrons. The fourth-order valence-corrected chi connectivity index (χ4v) is 1.00. The number of ether oxygens (including phenoxy) is 1. The highest BCUT2D eigenvalue weighted by atomic mass is 35.5. The molecule has 10 heavy (non-hydrogen) atoms. The Kier molecular flexibility index (Phi) is 4.40. The van der Waals surface area contributed by atoms with E-state index in [1.54, 1.807) is 7.11 Å². The van der Waals surface area contributed by atoms with Gasteiger partial charge in [0.2, 0.25) is 5.91 Å². The van der Waals surface area contributed by atoms with Crippen molar-refractivity contribution >= 4 is 18.3 Å². The van der Waals surface area contributed by atoms with Crippen molar-refractivity contribution in [2.75, 3.05) is 13.7 Å². The van der Waals surface area contributed by atoms with Crippen LogP contribution in [0.4, 0.5) is 0 Å². The zero-order valence-electron chi connectivity index (χ0n) is 5.92. The van der Waals surface area contributed by atoms with Gasteiger partial charge in [-0.15, -0.1) is 12.4 Å². The number of methoxy groups -OCH3 is 1. The topological polar surface area (TPSA) is 38.3 Å². The number of hydrogen-bond donors (Lipinski definition) is 1. The fraction of sp³-hybridized carbons (Fsp3) is 0.833. The van der Waals surface area contributed by atoms with Gasteiger partial charge in [0.15, 0.2) is 0 Å². The number of carbonyl (C=O) groups excluding carboxylic acids is 1. The molecule has 1 rings (SSSR count). The molecule has 1 atom stereocenters. The molecule has 0 bridgehead atoms. The summed E-state index contributed by atoms with van der Waals surface area (Å²) in [5, 5.41) is 2.79. The minimum Gasteiger partial charge on any atom is -0.383 e. The molecule has 1 heterocycles. The highest BCUT2D eigenvalue weighted by Crippen LogP contribution is 2.05. The van der Waals surface area contributed by atoms with Crippen molar-refractivity contribution in [1.82, 2.24) is 5.32 Å². The van der Waals surface area contributed by atoms with Gasteiger partial charge in [-0.3, -0.25) is 4.79 Å². The molecule has 1 aliphatic heterocycles. The summed E-state index contributed by atoms with van der Waals surface area (Å²) in [4.78, 5) is 10.6. The average molecular weight is 166 g/mol. The first-order valence-corrected chi connectivity index (χ1v) is 3.11. The van der Waals surface area contributed by atoms with Crippen molar-refractivity contribution in [1.29, 1.82) is 0 Å². The molecular formula is C6H12ClNO2. The molecule has 0 saturated carbocycles. The lowest BCUT2D eigenvalue weighted by molar-refractivity contribution is -0.119. The second kappa shape index (κ2) is 4.52. The van der Waals surface area contributed by atoms with Gasteiger partial charge in [-0.2, -0.15) is 0 Å². The lowest BCUT2D eigenvalue weighted by atomic mass is 10.2. The molecule has 1 amide bonds. The van der Waals surface area contributed by atoms with Gasteiger partial charge in [-0.25, -0.2) is 0 Å². The van der Waals surface area contributed by atoms with Crippen LogP contribution in [-0.4, -0.2) is 25.7 Å². The Hall–Kier alpha value is -0.280. The summed E-state index contributed by atoms with van der Waals surface area (Å²) in [6, 6.07) is 0.266. The Morgan fingerprint density at radius 1 is 1.80 bits per heavy atom. The van der Waals surface area contributed by atoms with E-state index in [0.717, 1.165) is 6.42 Å². The Balaban J connectivity index is 0.000000810. The molecule has 60 valence electrons. The third-order valence-electron chi connectivity index (χ3n) is 1.45. The zero-order chi connectivity index (χ0) is 6.69. The monoisotopic (exact) mass is 165 g/mol. The molecule has 0 aromatic rings. The first-order valence-electron chi connectivity index (χ1n) is 3.11. The zero-order valence-corrected chi connectivity index (χ0v) is 6.74. The maximum Gasteiger partial charge on any atom is 0.220 e. The van der Waals surface area contributed by atoms with Gasteiger partial charge in [0.05, 0.1) is 12.6 Å². The van der Waals surface area contributed by atoms with Gasteiger partial charge < -0.3 is 10.1 Å². The predicted molar refractivity (Wildman–Crippen MR) is 40.3 cm³/mol. The number of rotatable bonds is 2. The largest absolute Gasteiger partial charge is 0.383 e. The molecule has 1 fully saturated rings. The molecule has 0 aromatic heterocycles. The van der Waals surface area contributed by atoms with Crippen molar-refractivity contribution in [2.24, 2.45) is 0 Å². The van der Waals surface area contributed by atoms with Crippen LogP contribution in [0.1, 0.15) is 12.8 Å². The molecule has 0 spiro atoms. The molecule has 1 unspecified atom stereocenters. The minimum absolute atomic E-state index is 0. The van der Waals surface area contributed by atoms with Crippen LogP contribution in [0.3, 0.4) is 0 Å². The van der Waals surface area contributed by atoms with Crippen molar-refractivity contribution in [2.45, 2.75) is 18.9 Å². The van der Waals surface area contributed by atoms with E-state index in [0.29, 0.717) is 13.0 Å². The molecule has 4 heteroatoms. The molecule has 1 N–H and O–H groups in total. The summed E-state index contributed by atoms with van der Waals surface area (Å²) in [5.41, 5.74) is 0. The summed E-state index contributed by atoms with van der Waals surface area (Å²) < 4.78 is 4.86. The van der Waals surface area contributed by atoms with Crippen molar-refractivity contribution in [3.63, 3.8) is 0 Å². The quantitative estimate of drug-likeness (QED) is 0.641. The van der Waals surface area contributed by atoms with Gasteiger partial charge in [-0.1, -0.05) is 0 Å². The van der Waals surface area contributed by atoms with Crippen LogP contribution in [0.25, 0.3) is 0 Å². The third kappa shape index (κ3) is 2.54. The van der Waals surface area contributed by atoms with Crippen molar-refractivity contribution < 1.29 is 9.53 Å². The van der Waals surface area contributed by atoms with Crippen LogP contribution in [-0.2, 0) is 9.53 Å². The Morgan fingerprint density at radius 2 is 2.50 bits per heavy atom. The lowest BCUT2D eigenvalue weighted by Gasteiger charge is -2.05. The van der Waals surface area contributed by atoms with Gasteiger partial charge >= 0.3 is 0 Å². The van der Waals surface area contributed by atoms with Crippen LogP contribution >= 0.6 is 12.4 Å². The summed E-state index contributed by atoms with van der Waals surface area (Å²) in [5.74, 6) is 0.150. The van der Waals surface area contributed by atoms with Crippen molar-refractivity contribution in [3.8, 4) is 0 Å². The molecule has 3 nitrogen and oxygen atoms in total. The van der Waals surface area contributed by atoms with E-state index in [-0.39, 0.29) is 24.4 Å². The average Bonchev–Trinajstić information content (AvgIpc) is 2.17. The maximum atomic E-state index is 10.6. The van der Waals surface area contributed by atoms with E-state index in [1.807, 2.05) is 0 Å². The number of amides is 1. The number of hydrogen-bond acceptors (Lipinski definition) is 2. The van der Waals surface area contributed by atoms with Crippen LogP contribution in [0.5, 0.6) is 0 Å². The highest BCUT2D eigenvalue weighted by Gasteiger charge is 2.19. The van der Waals surface area contributed by atoms with Crippen molar-refractivity contribution in [3.05, 3.63) is 0 Å². The van der Waals surface area contributed by atoms with Gasteiger partial charge in [0, 0.05) is 13.5 Å². The normalized spacial score (nSPS) is 23.7. The summed E-state index contributed by atoms with van der Waals surface area (Å²) in [6.07, 6.45) is 1.58. The van der Waals surface area contributed by atoms with Gasteiger partial charge in [-0.05, 0) is 6.42 Å². The molecule has 0 aromatic carbocycles. The SMILES string of the molecule is COCC1CCC(=O)N1.Cl. The van der Waals surface area contributed by atoms with E-state index < -0.39 is 0 Å². The van der Waals surface area contributed by atoms with Crippen LogP contribution in [0.15, 0.2) is 0 Å². The van der Waals surface area contributed by atoms with Crippen LogP contribution in [0, 0.1) is 0 Å². The van der Waals surface area contributed by atoms with E-state index in [2.05, 4.69) is 5.32 Å². The predicted octanol–water partition coefficient (Wildman–Crippen LogP) is 0.333. The summed E-state index contributed by atoms with van der Waals surface area (Å²) >= 11 is 0. The Morgan fingerprint density at radius 3 is 2.90 bits per heavy atom. The number of nitrogens with one attached hydrogen (secondary N) is 1.